The van der Waals surface area contributed by atoms with Crippen molar-refractivity contribution in [1.29, 1.82) is 0 Å². The average Bonchev–Trinajstić information content (AvgIpc) is 2.81. The molecular weight excluding hydrogens is 266 g/mol. The van der Waals surface area contributed by atoms with Crippen LogP contribution in [0.2, 0.25) is 0 Å². The number of para-hydroxylation sites is 2. The Morgan fingerprint density at radius 3 is 2.52 bits per heavy atom. The molecule has 1 aromatic carbocycles. The monoisotopic (exact) mass is 289 g/mol. The van der Waals surface area contributed by atoms with Crippen molar-refractivity contribution in [3.05, 3.63) is 41.7 Å². The van der Waals surface area contributed by atoms with Gasteiger partial charge in [-0.3, -0.25) is 4.68 Å². The molecule has 0 amide bonds. The van der Waals surface area contributed by atoms with Crippen LogP contribution >= 0.6 is 0 Å². The lowest BCUT2D eigenvalue weighted by Gasteiger charge is -2.11. The summed E-state index contributed by atoms with van der Waals surface area (Å²) >= 11 is 0. The van der Waals surface area contributed by atoms with Crippen molar-refractivity contribution in [1.82, 2.24) is 15.1 Å². The van der Waals surface area contributed by atoms with Crippen molar-refractivity contribution in [2.75, 3.05) is 19.8 Å². The van der Waals surface area contributed by atoms with Gasteiger partial charge >= 0.3 is 0 Å². The molecule has 0 atom stereocenters. The first-order chi connectivity index (χ1) is 10.2. The van der Waals surface area contributed by atoms with Crippen LogP contribution in [-0.2, 0) is 13.6 Å². The third-order valence-electron chi connectivity index (χ3n) is 3.34. The van der Waals surface area contributed by atoms with Gasteiger partial charge in [0, 0.05) is 31.4 Å². The highest BCUT2D eigenvalue weighted by Gasteiger charge is 2.04. The molecule has 0 aliphatic carbocycles. The molecule has 0 aliphatic rings. The van der Waals surface area contributed by atoms with Gasteiger partial charge in [0.15, 0.2) is 11.5 Å². The van der Waals surface area contributed by atoms with Crippen LogP contribution in [0.5, 0.6) is 11.5 Å². The van der Waals surface area contributed by atoms with E-state index in [2.05, 4.69) is 17.3 Å². The fraction of sp³-hybridized carbons (Fsp3) is 0.438. The molecule has 5 heteroatoms. The number of hydrogen-bond donors (Lipinski definition) is 1. The lowest BCUT2D eigenvalue weighted by molar-refractivity contribution is 0.275. The maximum absolute atomic E-state index is 5.75. The highest BCUT2D eigenvalue weighted by molar-refractivity contribution is 5.39. The molecule has 0 unspecified atom stereocenters. The molecule has 0 spiro atoms. The second-order valence-corrected chi connectivity index (χ2v) is 4.78. The molecular formula is C16H23N3O2. The van der Waals surface area contributed by atoms with Gasteiger partial charge in [0.25, 0.3) is 0 Å². The van der Waals surface area contributed by atoms with Gasteiger partial charge in [-0.2, -0.15) is 5.10 Å². The van der Waals surface area contributed by atoms with E-state index >= 15 is 0 Å². The topological polar surface area (TPSA) is 48.3 Å². The number of aryl methyl sites for hydroxylation is 1. The quantitative estimate of drug-likeness (QED) is 0.758. The molecule has 21 heavy (non-hydrogen) atoms. The molecule has 1 aromatic heterocycles. The van der Waals surface area contributed by atoms with Gasteiger partial charge in [0.2, 0.25) is 0 Å². The Labute approximate surface area is 125 Å². The Kier molecular flexibility index (Phi) is 5.63. The van der Waals surface area contributed by atoms with E-state index in [0.717, 1.165) is 24.6 Å². The van der Waals surface area contributed by atoms with E-state index in [9.17, 15) is 0 Å². The molecule has 114 valence electrons. The Hall–Kier alpha value is -2.01. The summed E-state index contributed by atoms with van der Waals surface area (Å²) in [6.07, 6.45) is 1.90. The summed E-state index contributed by atoms with van der Waals surface area (Å²) in [6, 6.07) is 7.74. The average molecular weight is 289 g/mol. The summed E-state index contributed by atoms with van der Waals surface area (Å²) in [5, 5.41) is 7.58. The normalized spacial score (nSPS) is 10.6. The van der Waals surface area contributed by atoms with Gasteiger partial charge in [0.05, 0.1) is 12.8 Å². The van der Waals surface area contributed by atoms with Crippen molar-refractivity contribution in [2.24, 2.45) is 7.05 Å². The molecule has 1 N–H and O–H groups in total. The predicted molar refractivity (Wildman–Crippen MR) is 82.8 cm³/mol. The third-order valence-corrected chi connectivity index (χ3v) is 3.34. The van der Waals surface area contributed by atoms with E-state index in [4.69, 9.17) is 9.47 Å². The standard InChI is InChI=1S/C16H23N3O2/c1-4-20-15-7-5-6-8-16(15)21-10-9-17-11-14-12-18-19(3)13(14)2/h5-8,12,17H,4,9-11H2,1-3H3. The lowest BCUT2D eigenvalue weighted by Crippen LogP contribution is -2.21. The lowest BCUT2D eigenvalue weighted by atomic mass is 10.2. The molecule has 0 bridgehead atoms. The van der Waals surface area contributed by atoms with E-state index in [0.29, 0.717) is 13.2 Å². The number of aromatic nitrogens is 2. The van der Waals surface area contributed by atoms with Crippen LogP contribution in [0.1, 0.15) is 18.2 Å². The zero-order chi connectivity index (χ0) is 15.1. The molecule has 0 saturated heterocycles. The molecule has 0 radical (unpaired) electrons. The highest BCUT2D eigenvalue weighted by atomic mass is 16.5. The van der Waals surface area contributed by atoms with E-state index in [1.54, 1.807) is 0 Å². The van der Waals surface area contributed by atoms with Crippen LogP contribution in [0.4, 0.5) is 0 Å². The summed E-state index contributed by atoms with van der Waals surface area (Å²) in [7, 11) is 1.95. The Morgan fingerprint density at radius 1 is 1.19 bits per heavy atom. The SMILES string of the molecule is CCOc1ccccc1OCCNCc1cnn(C)c1C. The summed E-state index contributed by atoms with van der Waals surface area (Å²) in [4.78, 5) is 0. The van der Waals surface area contributed by atoms with Crippen molar-refractivity contribution < 1.29 is 9.47 Å². The van der Waals surface area contributed by atoms with Crippen molar-refractivity contribution in [3.8, 4) is 11.5 Å². The van der Waals surface area contributed by atoms with Gasteiger partial charge in [-0.15, -0.1) is 0 Å². The van der Waals surface area contributed by atoms with E-state index in [1.807, 2.05) is 49.1 Å². The maximum Gasteiger partial charge on any atom is 0.161 e. The second kappa shape index (κ2) is 7.69. The highest BCUT2D eigenvalue weighted by Crippen LogP contribution is 2.25. The second-order valence-electron chi connectivity index (χ2n) is 4.78. The molecule has 0 aliphatic heterocycles. The number of ether oxygens (including phenoxy) is 2. The van der Waals surface area contributed by atoms with Crippen LogP contribution in [0.3, 0.4) is 0 Å². The fourth-order valence-corrected chi connectivity index (χ4v) is 2.02. The molecule has 5 nitrogen and oxygen atoms in total. The van der Waals surface area contributed by atoms with Crippen LogP contribution < -0.4 is 14.8 Å². The largest absolute Gasteiger partial charge is 0.490 e. The zero-order valence-corrected chi connectivity index (χ0v) is 12.9. The number of benzene rings is 1. The van der Waals surface area contributed by atoms with Gasteiger partial charge in [0.1, 0.15) is 6.61 Å². The van der Waals surface area contributed by atoms with E-state index < -0.39 is 0 Å². The number of hydrogen-bond acceptors (Lipinski definition) is 4. The van der Waals surface area contributed by atoms with Crippen LogP contribution in [0, 0.1) is 6.92 Å². The van der Waals surface area contributed by atoms with Crippen LogP contribution in [0.15, 0.2) is 30.5 Å². The molecule has 0 fully saturated rings. The predicted octanol–water partition coefficient (Wildman–Crippen LogP) is 2.30. The van der Waals surface area contributed by atoms with Gasteiger partial charge < -0.3 is 14.8 Å². The molecule has 1 heterocycles. The minimum atomic E-state index is 0.601. The van der Waals surface area contributed by atoms with Crippen LogP contribution in [0.25, 0.3) is 0 Å². The van der Waals surface area contributed by atoms with Crippen molar-refractivity contribution >= 4 is 0 Å². The van der Waals surface area contributed by atoms with Crippen molar-refractivity contribution in [3.63, 3.8) is 0 Å². The van der Waals surface area contributed by atoms with Crippen molar-refractivity contribution in [2.45, 2.75) is 20.4 Å². The summed E-state index contributed by atoms with van der Waals surface area (Å²) in [6.45, 7) is 6.85. The van der Waals surface area contributed by atoms with Gasteiger partial charge in [-0.25, -0.2) is 0 Å². The number of nitrogens with one attached hydrogen (secondary N) is 1. The summed E-state index contributed by atoms with van der Waals surface area (Å²) in [5.74, 6) is 1.59. The first kappa shape index (κ1) is 15.4. The van der Waals surface area contributed by atoms with Gasteiger partial charge in [-0.05, 0) is 26.0 Å². The molecule has 2 rings (SSSR count). The smallest absolute Gasteiger partial charge is 0.161 e. The first-order valence-electron chi connectivity index (χ1n) is 7.25. The zero-order valence-electron chi connectivity index (χ0n) is 12.9. The minimum absolute atomic E-state index is 0.601. The van der Waals surface area contributed by atoms with Crippen LogP contribution in [-0.4, -0.2) is 29.5 Å². The Morgan fingerprint density at radius 2 is 1.90 bits per heavy atom. The summed E-state index contributed by atoms with van der Waals surface area (Å²) < 4.78 is 13.2. The number of rotatable bonds is 8. The van der Waals surface area contributed by atoms with E-state index in [1.165, 1.54) is 11.3 Å². The van der Waals surface area contributed by atoms with E-state index in [-0.39, 0.29) is 0 Å². The number of nitrogens with zero attached hydrogens (tertiary/aromatic N) is 2. The third kappa shape index (κ3) is 4.23. The molecule has 2 aromatic rings. The van der Waals surface area contributed by atoms with Gasteiger partial charge in [-0.1, -0.05) is 12.1 Å². The fourth-order valence-electron chi connectivity index (χ4n) is 2.02. The maximum atomic E-state index is 5.75. The first-order valence-corrected chi connectivity index (χ1v) is 7.25. The Bertz CT molecular complexity index is 566. The summed E-state index contributed by atoms with van der Waals surface area (Å²) in [5.41, 5.74) is 2.40. The Balaban J connectivity index is 1.74. The molecule has 0 saturated carbocycles. The minimum Gasteiger partial charge on any atom is -0.490 e.